The highest BCUT2D eigenvalue weighted by atomic mass is 35.5. The Bertz CT molecular complexity index is 1180. The number of carboxylic acid groups (broad SMARTS) is 1. The number of carbonyl (C=O) groups is 3. The van der Waals surface area contributed by atoms with Crippen LogP contribution in [0.2, 0.25) is 5.02 Å². The Labute approximate surface area is 223 Å². The average Bonchev–Trinajstić information content (AvgIpc) is 2.83. The summed E-state index contributed by atoms with van der Waals surface area (Å²) in [5, 5.41) is 24.5. The molecule has 2 unspecified atom stereocenters. The molecule has 2 aromatic rings. The number of aliphatic hydroxyl groups is 1. The first-order chi connectivity index (χ1) is 17.1. The minimum atomic E-state index is -1.14. The van der Waals surface area contributed by atoms with Crippen LogP contribution in [0, 0.1) is 11.3 Å². The van der Waals surface area contributed by atoms with Gasteiger partial charge in [0, 0.05) is 23.5 Å². The summed E-state index contributed by atoms with van der Waals surface area (Å²) < 4.78 is 0. The maximum absolute atomic E-state index is 13.7. The van der Waals surface area contributed by atoms with E-state index in [1.165, 1.54) is 12.1 Å². The van der Waals surface area contributed by atoms with Gasteiger partial charge in [0.1, 0.15) is 6.04 Å². The SMILES string of the molecule is CC(C)C(NC(=O)C(C)(C)c1cccc(C(=O)O)c1)C(=O)N1CCC(O)(c2ccc(Cl)cc2)C(C)(C)C1. The third-order valence-electron chi connectivity index (χ3n) is 7.70. The van der Waals surface area contributed by atoms with Crippen LogP contribution < -0.4 is 5.32 Å². The van der Waals surface area contributed by atoms with Crippen molar-refractivity contribution in [1.82, 2.24) is 10.2 Å². The highest BCUT2D eigenvalue weighted by Crippen LogP contribution is 2.46. The number of amides is 2. The maximum atomic E-state index is 13.7. The smallest absolute Gasteiger partial charge is 0.335 e. The lowest BCUT2D eigenvalue weighted by molar-refractivity contribution is -0.157. The summed E-state index contributed by atoms with van der Waals surface area (Å²) in [7, 11) is 0. The van der Waals surface area contributed by atoms with Gasteiger partial charge in [-0.2, -0.15) is 0 Å². The van der Waals surface area contributed by atoms with Gasteiger partial charge in [0.15, 0.2) is 0 Å². The highest BCUT2D eigenvalue weighted by Gasteiger charge is 2.50. The van der Waals surface area contributed by atoms with Gasteiger partial charge >= 0.3 is 5.97 Å². The molecule has 1 fully saturated rings. The van der Waals surface area contributed by atoms with Crippen LogP contribution in [0.3, 0.4) is 0 Å². The van der Waals surface area contributed by atoms with Crippen molar-refractivity contribution in [2.45, 2.75) is 65.0 Å². The van der Waals surface area contributed by atoms with Crippen molar-refractivity contribution in [2.75, 3.05) is 13.1 Å². The molecule has 1 heterocycles. The van der Waals surface area contributed by atoms with Crippen LogP contribution in [0.5, 0.6) is 0 Å². The Balaban J connectivity index is 1.79. The molecule has 2 atom stereocenters. The fourth-order valence-corrected chi connectivity index (χ4v) is 5.10. The molecular formula is C29H37ClN2O5. The second-order valence-electron chi connectivity index (χ2n) is 11.5. The van der Waals surface area contributed by atoms with E-state index in [0.717, 1.165) is 5.56 Å². The van der Waals surface area contributed by atoms with Crippen molar-refractivity contribution in [2.24, 2.45) is 11.3 Å². The molecule has 3 rings (SSSR count). The largest absolute Gasteiger partial charge is 0.478 e. The molecule has 0 aliphatic carbocycles. The van der Waals surface area contributed by atoms with E-state index in [1.807, 2.05) is 39.8 Å². The second-order valence-corrected chi connectivity index (χ2v) is 11.9. The molecule has 2 aromatic carbocycles. The minimum Gasteiger partial charge on any atom is -0.478 e. The van der Waals surface area contributed by atoms with Gasteiger partial charge in [-0.25, -0.2) is 4.79 Å². The Kier molecular flexibility index (Phi) is 8.11. The fraction of sp³-hybridized carbons (Fsp3) is 0.483. The van der Waals surface area contributed by atoms with Gasteiger partial charge in [0.2, 0.25) is 11.8 Å². The van der Waals surface area contributed by atoms with Crippen molar-refractivity contribution in [3.8, 4) is 0 Å². The zero-order valence-corrected chi connectivity index (χ0v) is 23.1. The molecule has 0 spiro atoms. The van der Waals surface area contributed by atoms with Crippen molar-refractivity contribution >= 4 is 29.4 Å². The van der Waals surface area contributed by atoms with Crippen LogP contribution in [0.15, 0.2) is 48.5 Å². The predicted molar refractivity (Wildman–Crippen MR) is 144 cm³/mol. The second kappa shape index (κ2) is 10.5. The van der Waals surface area contributed by atoms with Gasteiger partial charge in [-0.15, -0.1) is 0 Å². The molecule has 2 amide bonds. The van der Waals surface area contributed by atoms with Gasteiger partial charge in [-0.3, -0.25) is 9.59 Å². The lowest BCUT2D eigenvalue weighted by Crippen LogP contribution is -2.61. The molecule has 0 aromatic heterocycles. The van der Waals surface area contributed by atoms with Crippen LogP contribution in [-0.4, -0.2) is 52.0 Å². The normalized spacial score (nSPS) is 20.4. The van der Waals surface area contributed by atoms with E-state index in [2.05, 4.69) is 5.32 Å². The Morgan fingerprint density at radius 3 is 2.24 bits per heavy atom. The molecule has 37 heavy (non-hydrogen) atoms. The van der Waals surface area contributed by atoms with Gasteiger partial charge in [-0.05, 0) is 61.6 Å². The third kappa shape index (κ3) is 5.68. The Morgan fingerprint density at radius 2 is 1.70 bits per heavy atom. The molecule has 8 heteroatoms. The summed E-state index contributed by atoms with van der Waals surface area (Å²) >= 11 is 6.04. The third-order valence-corrected chi connectivity index (χ3v) is 7.95. The number of hydrogen-bond acceptors (Lipinski definition) is 4. The number of benzene rings is 2. The molecule has 1 aliphatic rings. The first kappa shape index (κ1) is 28.7. The van der Waals surface area contributed by atoms with Gasteiger partial charge in [0.05, 0.1) is 16.6 Å². The van der Waals surface area contributed by atoms with Crippen molar-refractivity contribution < 1.29 is 24.6 Å². The first-order valence-electron chi connectivity index (χ1n) is 12.5. The lowest BCUT2D eigenvalue weighted by atomic mass is 9.66. The number of piperidine rings is 1. The monoisotopic (exact) mass is 528 g/mol. The number of carboxylic acids is 1. The van der Waals surface area contributed by atoms with E-state index in [0.29, 0.717) is 30.1 Å². The Morgan fingerprint density at radius 1 is 1.08 bits per heavy atom. The summed E-state index contributed by atoms with van der Waals surface area (Å²) in [6.45, 7) is 11.7. The number of carbonyl (C=O) groups excluding carboxylic acids is 2. The molecule has 7 nitrogen and oxygen atoms in total. The van der Waals surface area contributed by atoms with E-state index in [9.17, 15) is 24.6 Å². The predicted octanol–water partition coefficient (Wildman–Crippen LogP) is 4.60. The van der Waals surface area contributed by atoms with Crippen molar-refractivity contribution in [3.05, 3.63) is 70.2 Å². The van der Waals surface area contributed by atoms with Crippen LogP contribution in [0.1, 0.15) is 69.4 Å². The number of nitrogens with one attached hydrogen (secondary N) is 1. The zero-order valence-electron chi connectivity index (χ0n) is 22.3. The van der Waals surface area contributed by atoms with Crippen LogP contribution >= 0.6 is 11.6 Å². The first-order valence-corrected chi connectivity index (χ1v) is 12.9. The van der Waals surface area contributed by atoms with Crippen molar-refractivity contribution in [3.63, 3.8) is 0 Å². The zero-order chi connectivity index (χ0) is 27.8. The van der Waals surface area contributed by atoms with Gasteiger partial charge in [-0.1, -0.05) is 63.6 Å². The minimum absolute atomic E-state index is 0.0959. The lowest BCUT2D eigenvalue weighted by Gasteiger charge is -2.51. The molecular weight excluding hydrogens is 492 g/mol. The summed E-state index contributed by atoms with van der Waals surface area (Å²) in [6.07, 6.45) is 0.347. The number of halogens is 1. The number of likely N-dealkylation sites (tertiary alicyclic amines) is 1. The number of hydrogen-bond donors (Lipinski definition) is 3. The summed E-state index contributed by atoms with van der Waals surface area (Å²) in [5.74, 6) is -1.82. The summed E-state index contributed by atoms with van der Waals surface area (Å²) in [6, 6.07) is 12.6. The van der Waals surface area contributed by atoms with Crippen LogP contribution in [0.25, 0.3) is 0 Å². The van der Waals surface area contributed by atoms with Crippen LogP contribution in [-0.2, 0) is 20.6 Å². The number of nitrogens with zero attached hydrogens (tertiary/aromatic N) is 1. The molecule has 1 aliphatic heterocycles. The standard InChI is InChI=1S/C29H37ClN2O5/c1-18(2)23(31-26(36)28(5,6)21-9-7-8-19(16-21)25(34)35)24(33)32-15-14-29(37,27(3,4)17-32)20-10-12-22(30)13-11-20/h7-13,16,18,23,37H,14-15,17H2,1-6H3,(H,31,36)(H,34,35). The molecule has 1 saturated heterocycles. The van der Waals surface area contributed by atoms with E-state index >= 15 is 0 Å². The van der Waals surface area contributed by atoms with Gasteiger partial charge in [0.25, 0.3) is 0 Å². The van der Waals surface area contributed by atoms with E-state index in [4.69, 9.17) is 11.6 Å². The molecule has 0 bridgehead atoms. The fourth-order valence-electron chi connectivity index (χ4n) is 4.97. The van der Waals surface area contributed by atoms with Crippen molar-refractivity contribution in [1.29, 1.82) is 0 Å². The number of rotatable bonds is 7. The maximum Gasteiger partial charge on any atom is 0.335 e. The molecule has 3 N–H and O–H groups in total. The molecule has 0 saturated carbocycles. The van der Waals surface area contributed by atoms with E-state index in [1.54, 1.807) is 43.0 Å². The van der Waals surface area contributed by atoms with E-state index < -0.39 is 28.4 Å². The average molecular weight is 529 g/mol. The Hall–Kier alpha value is -2.90. The number of aromatic carboxylic acids is 1. The van der Waals surface area contributed by atoms with Crippen LogP contribution in [0.4, 0.5) is 0 Å². The molecule has 0 radical (unpaired) electrons. The summed E-state index contributed by atoms with van der Waals surface area (Å²) in [5.41, 5.74) is -1.45. The quantitative estimate of drug-likeness (QED) is 0.487. The van der Waals surface area contributed by atoms with E-state index in [-0.39, 0.29) is 23.3 Å². The molecule has 200 valence electrons. The topological polar surface area (TPSA) is 107 Å². The highest BCUT2D eigenvalue weighted by molar-refractivity contribution is 6.30. The van der Waals surface area contributed by atoms with Gasteiger partial charge < -0.3 is 20.4 Å². The summed E-state index contributed by atoms with van der Waals surface area (Å²) in [4.78, 5) is 40.2.